The van der Waals surface area contributed by atoms with Gasteiger partial charge >= 0.3 is 5.97 Å². The molecule has 1 aromatic carbocycles. The first-order valence-corrected chi connectivity index (χ1v) is 7.04. The van der Waals surface area contributed by atoms with Crippen molar-refractivity contribution >= 4 is 45.1 Å². The lowest BCUT2D eigenvalue weighted by molar-refractivity contribution is -0.107. The number of hydrogen-bond acceptors (Lipinski definition) is 5. The van der Waals surface area contributed by atoms with Gasteiger partial charge in [-0.25, -0.2) is 9.79 Å². The Labute approximate surface area is 112 Å². The molecule has 0 aliphatic carbocycles. The zero-order valence-electron chi connectivity index (χ0n) is 9.41. The maximum Gasteiger partial charge on any atom is 0.335 e. The Bertz CT molecular complexity index is 561. The van der Waals surface area contributed by atoms with Crippen LogP contribution in [0.1, 0.15) is 15.9 Å². The molecule has 1 heterocycles. The van der Waals surface area contributed by atoms with Crippen LogP contribution in [0.2, 0.25) is 0 Å². The van der Waals surface area contributed by atoms with E-state index in [0.717, 1.165) is 21.7 Å². The second-order valence-corrected chi connectivity index (χ2v) is 5.44. The lowest BCUT2D eigenvalue weighted by Crippen LogP contribution is -1.95. The molecular weight excluding hydrogens is 270 g/mol. The Morgan fingerprint density at radius 3 is 2.56 bits per heavy atom. The van der Waals surface area contributed by atoms with E-state index in [0.29, 0.717) is 5.70 Å². The number of carbonyl (C=O) groups is 2. The monoisotopic (exact) mass is 279 g/mol. The summed E-state index contributed by atoms with van der Waals surface area (Å²) in [5.74, 6) is -0.968. The van der Waals surface area contributed by atoms with Gasteiger partial charge in [-0.05, 0) is 41.8 Å². The summed E-state index contributed by atoms with van der Waals surface area (Å²) in [7, 11) is 0. The second-order valence-electron chi connectivity index (χ2n) is 3.43. The van der Waals surface area contributed by atoms with E-state index in [9.17, 15) is 9.59 Å². The molecule has 0 bridgehead atoms. The third kappa shape index (κ3) is 2.83. The number of aliphatic imine (C=N–C) groups is 1. The molecule has 1 N–H and O–H groups in total. The van der Waals surface area contributed by atoms with Crippen molar-refractivity contribution in [3.05, 3.63) is 41.1 Å². The molecule has 6 heteroatoms. The number of aromatic carboxylic acids is 1. The SMILES string of the molecule is CSC1=N/C(=C\c2ccc(C(=O)O)cc2)C(=O)S1. The van der Waals surface area contributed by atoms with Gasteiger partial charge in [-0.2, -0.15) is 0 Å². The fraction of sp³-hybridized carbons (Fsp3) is 0.0833. The fourth-order valence-electron chi connectivity index (χ4n) is 1.36. The first-order chi connectivity index (χ1) is 8.60. The zero-order chi connectivity index (χ0) is 13.1. The third-order valence-electron chi connectivity index (χ3n) is 2.24. The third-order valence-corrected chi connectivity index (χ3v) is 4.09. The number of nitrogens with zero attached hydrogens (tertiary/aromatic N) is 1. The number of thioether (sulfide) groups is 2. The molecule has 4 nitrogen and oxygen atoms in total. The quantitative estimate of drug-likeness (QED) is 0.843. The lowest BCUT2D eigenvalue weighted by Gasteiger charge is -1.96. The minimum Gasteiger partial charge on any atom is -0.478 e. The molecule has 0 radical (unpaired) electrons. The minimum atomic E-state index is -0.968. The highest BCUT2D eigenvalue weighted by Gasteiger charge is 2.21. The number of rotatable bonds is 2. The van der Waals surface area contributed by atoms with E-state index < -0.39 is 5.97 Å². The Hall–Kier alpha value is -1.53. The smallest absolute Gasteiger partial charge is 0.335 e. The molecule has 0 amide bonds. The highest BCUT2D eigenvalue weighted by Crippen LogP contribution is 2.29. The normalized spacial score (nSPS) is 17.1. The highest BCUT2D eigenvalue weighted by atomic mass is 32.2. The minimum absolute atomic E-state index is 0.0818. The van der Waals surface area contributed by atoms with Gasteiger partial charge in [-0.1, -0.05) is 12.1 Å². The summed E-state index contributed by atoms with van der Waals surface area (Å²) in [6.45, 7) is 0. The summed E-state index contributed by atoms with van der Waals surface area (Å²) in [4.78, 5) is 26.5. The van der Waals surface area contributed by atoms with E-state index in [-0.39, 0.29) is 10.7 Å². The van der Waals surface area contributed by atoms with Gasteiger partial charge < -0.3 is 5.11 Å². The maximum absolute atomic E-state index is 11.6. The summed E-state index contributed by atoms with van der Waals surface area (Å²) in [6, 6.07) is 6.31. The van der Waals surface area contributed by atoms with Gasteiger partial charge in [0.1, 0.15) is 10.1 Å². The number of carboxylic acid groups (broad SMARTS) is 1. The Kier molecular flexibility index (Phi) is 3.88. The van der Waals surface area contributed by atoms with Crippen LogP contribution < -0.4 is 0 Å². The lowest BCUT2D eigenvalue weighted by atomic mass is 10.1. The molecule has 2 rings (SSSR count). The standard InChI is InChI=1S/C12H9NO3S2/c1-17-12-13-9(11(16)18-12)6-7-2-4-8(5-3-7)10(14)15/h2-6H,1H3,(H,14,15)/b9-6-. The number of carbonyl (C=O) groups excluding carboxylic acids is 1. The second kappa shape index (κ2) is 5.41. The molecule has 18 heavy (non-hydrogen) atoms. The molecule has 92 valence electrons. The van der Waals surface area contributed by atoms with E-state index >= 15 is 0 Å². The zero-order valence-corrected chi connectivity index (χ0v) is 11.0. The molecule has 1 aliphatic heterocycles. The van der Waals surface area contributed by atoms with Crippen molar-refractivity contribution < 1.29 is 14.7 Å². The molecule has 0 atom stereocenters. The molecular formula is C12H9NO3S2. The molecule has 0 saturated heterocycles. The van der Waals surface area contributed by atoms with Crippen molar-refractivity contribution in [1.82, 2.24) is 0 Å². The van der Waals surface area contributed by atoms with E-state index in [2.05, 4.69) is 4.99 Å². The van der Waals surface area contributed by atoms with Crippen molar-refractivity contribution in [2.75, 3.05) is 6.26 Å². The van der Waals surface area contributed by atoms with Crippen molar-refractivity contribution in [2.45, 2.75) is 0 Å². The van der Waals surface area contributed by atoms with Crippen LogP contribution in [0.4, 0.5) is 0 Å². The molecule has 0 unspecified atom stereocenters. The summed E-state index contributed by atoms with van der Waals surface area (Å²) in [6.07, 6.45) is 3.52. The molecule has 0 fully saturated rings. The highest BCUT2D eigenvalue weighted by molar-refractivity contribution is 8.45. The molecule has 0 aromatic heterocycles. The number of carboxylic acids is 1. The van der Waals surface area contributed by atoms with Gasteiger partial charge in [0.25, 0.3) is 0 Å². The predicted molar refractivity (Wildman–Crippen MR) is 74.9 cm³/mol. The van der Waals surface area contributed by atoms with E-state index in [1.54, 1.807) is 18.2 Å². The van der Waals surface area contributed by atoms with Crippen LogP contribution in [-0.4, -0.2) is 26.8 Å². The Balaban J connectivity index is 2.25. The van der Waals surface area contributed by atoms with Crippen LogP contribution >= 0.6 is 23.5 Å². The molecule has 0 saturated carbocycles. The van der Waals surface area contributed by atoms with Gasteiger partial charge in [-0.3, -0.25) is 4.79 Å². The maximum atomic E-state index is 11.6. The van der Waals surface area contributed by atoms with Crippen LogP contribution in [0.3, 0.4) is 0 Å². The van der Waals surface area contributed by atoms with E-state index in [1.807, 2.05) is 6.26 Å². The van der Waals surface area contributed by atoms with Gasteiger partial charge in [0.2, 0.25) is 5.12 Å². The Morgan fingerprint density at radius 1 is 1.39 bits per heavy atom. The van der Waals surface area contributed by atoms with Crippen molar-refractivity contribution in [2.24, 2.45) is 4.99 Å². The molecule has 1 aliphatic rings. The van der Waals surface area contributed by atoms with E-state index in [4.69, 9.17) is 5.11 Å². The van der Waals surface area contributed by atoms with Gasteiger partial charge in [0.05, 0.1) is 5.56 Å². The van der Waals surface area contributed by atoms with Gasteiger partial charge in [0, 0.05) is 0 Å². The van der Waals surface area contributed by atoms with Gasteiger partial charge in [-0.15, -0.1) is 11.8 Å². The van der Waals surface area contributed by atoms with Crippen LogP contribution in [0.25, 0.3) is 6.08 Å². The van der Waals surface area contributed by atoms with E-state index in [1.165, 1.54) is 23.9 Å². The summed E-state index contributed by atoms with van der Waals surface area (Å²) in [5, 5.41) is 8.69. The predicted octanol–water partition coefficient (Wildman–Crippen LogP) is 2.72. The van der Waals surface area contributed by atoms with Crippen molar-refractivity contribution in [3.63, 3.8) is 0 Å². The fourth-order valence-corrected chi connectivity index (χ4v) is 2.62. The van der Waals surface area contributed by atoms with Crippen molar-refractivity contribution in [3.8, 4) is 0 Å². The number of hydrogen-bond donors (Lipinski definition) is 1. The molecule has 1 aromatic rings. The van der Waals surface area contributed by atoms with Crippen LogP contribution in [0.5, 0.6) is 0 Å². The van der Waals surface area contributed by atoms with Crippen molar-refractivity contribution in [1.29, 1.82) is 0 Å². The summed E-state index contributed by atoms with van der Waals surface area (Å²) >= 11 is 2.54. The average molecular weight is 279 g/mol. The topological polar surface area (TPSA) is 66.7 Å². The largest absolute Gasteiger partial charge is 0.478 e. The Morgan fingerprint density at radius 2 is 2.06 bits per heavy atom. The number of benzene rings is 1. The first-order valence-electron chi connectivity index (χ1n) is 5.00. The van der Waals surface area contributed by atoms with Crippen LogP contribution in [-0.2, 0) is 4.79 Å². The molecule has 0 spiro atoms. The average Bonchev–Trinajstić information content (AvgIpc) is 2.71. The summed E-state index contributed by atoms with van der Waals surface area (Å²) < 4.78 is 0.730. The van der Waals surface area contributed by atoms with Gasteiger partial charge in [0.15, 0.2) is 0 Å². The van der Waals surface area contributed by atoms with Crippen LogP contribution in [0, 0.1) is 0 Å². The summed E-state index contributed by atoms with van der Waals surface area (Å²) in [5.41, 5.74) is 1.38. The first kappa shape index (κ1) is 12.9. The van der Waals surface area contributed by atoms with Crippen LogP contribution in [0.15, 0.2) is 35.0 Å².